The Bertz CT molecular complexity index is 1280. The molecule has 0 unspecified atom stereocenters. The fourth-order valence-corrected chi connectivity index (χ4v) is 3.90. The fourth-order valence-electron chi connectivity index (χ4n) is 3.90. The minimum absolute atomic E-state index is 0.173. The van der Waals surface area contributed by atoms with Crippen molar-refractivity contribution in [2.75, 3.05) is 34.0 Å². The van der Waals surface area contributed by atoms with Crippen molar-refractivity contribution >= 4 is 27.7 Å². The Kier molecular flexibility index (Phi) is 4.95. The van der Waals surface area contributed by atoms with E-state index in [9.17, 15) is 4.79 Å². The van der Waals surface area contributed by atoms with Crippen LogP contribution in [0.15, 0.2) is 48.5 Å². The van der Waals surface area contributed by atoms with Gasteiger partial charge in [0.25, 0.3) is 5.91 Å². The van der Waals surface area contributed by atoms with Crippen LogP contribution in [0.4, 0.5) is 0 Å². The van der Waals surface area contributed by atoms with Crippen molar-refractivity contribution in [1.29, 1.82) is 0 Å². The Morgan fingerprint density at radius 1 is 1.10 bits per heavy atom. The van der Waals surface area contributed by atoms with Crippen LogP contribution in [0.3, 0.4) is 0 Å². The zero-order chi connectivity index (χ0) is 21.4. The van der Waals surface area contributed by atoms with E-state index < -0.39 is 0 Å². The molecule has 158 valence electrons. The molecule has 0 atom stereocenters. The second-order valence-electron chi connectivity index (χ2n) is 7.93. The smallest absolute Gasteiger partial charge is 0.269 e. The molecule has 0 radical (unpaired) electrons. The lowest BCUT2D eigenvalue weighted by molar-refractivity contribution is 0.0947. The monoisotopic (exact) mass is 416 g/mol. The van der Waals surface area contributed by atoms with Gasteiger partial charge in [-0.1, -0.05) is 18.2 Å². The van der Waals surface area contributed by atoms with E-state index in [2.05, 4.69) is 21.3 Å². The minimum atomic E-state index is -0.173. The van der Waals surface area contributed by atoms with Gasteiger partial charge in [0, 0.05) is 28.4 Å². The molecule has 0 saturated carbocycles. The van der Waals surface area contributed by atoms with Gasteiger partial charge in [-0.05, 0) is 57.4 Å². The van der Waals surface area contributed by atoms with Crippen molar-refractivity contribution < 1.29 is 14.3 Å². The first-order chi connectivity index (χ1) is 15.1. The van der Waals surface area contributed by atoms with Crippen LogP contribution in [0, 0.1) is 0 Å². The van der Waals surface area contributed by atoms with Crippen LogP contribution in [0.2, 0.25) is 0 Å². The lowest BCUT2D eigenvalue weighted by atomic mass is 10.1. The summed E-state index contributed by atoms with van der Waals surface area (Å²) in [6.07, 6.45) is 0.878. The van der Waals surface area contributed by atoms with Crippen LogP contribution in [-0.2, 0) is 0 Å². The van der Waals surface area contributed by atoms with Gasteiger partial charge in [-0.2, -0.15) is 0 Å². The van der Waals surface area contributed by atoms with E-state index in [1.54, 1.807) is 0 Å². The van der Waals surface area contributed by atoms with Crippen LogP contribution >= 0.6 is 0 Å². The number of rotatable bonds is 6. The molecule has 1 aliphatic rings. The van der Waals surface area contributed by atoms with Crippen LogP contribution in [0.1, 0.15) is 16.9 Å². The summed E-state index contributed by atoms with van der Waals surface area (Å²) in [7, 11) is 4.04. The molecule has 4 aromatic rings. The highest BCUT2D eigenvalue weighted by Crippen LogP contribution is 2.38. The Hall–Kier alpha value is -3.58. The molecule has 2 aromatic carbocycles. The molecule has 31 heavy (non-hydrogen) atoms. The Morgan fingerprint density at radius 3 is 2.81 bits per heavy atom. The van der Waals surface area contributed by atoms with E-state index in [4.69, 9.17) is 14.5 Å². The number of H-pyrrole nitrogens is 1. The van der Waals surface area contributed by atoms with Gasteiger partial charge in [-0.25, -0.2) is 4.98 Å². The molecular formula is C24H24N4O3. The van der Waals surface area contributed by atoms with Gasteiger partial charge in [0.2, 0.25) is 6.79 Å². The third-order valence-electron chi connectivity index (χ3n) is 5.44. The fraction of sp³-hybridized carbons (Fsp3) is 0.250. The van der Waals surface area contributed by atoms with Gasteiger partial charge in [0.15, 0.2) is 11.5 Å². The predicted octanol–water partition coefficient (Wildman–Crippen LogP) is 3.79. The molecule has 0 fully saturated rings. The highest BCUT2D eigenvalue weighted by Gasteiger charge is 2.20. The summed E-state index contributed by atoms with van der Waals surface area (Å²) < 4.78 is 11.0. The van der Waals surface area contributed by atoms with Crippen molar-refractivity contribution in [3.63, 3.8) is 0 Å². The largest absolute Gasteiger partial charge is 0.454 e. The predicted molar refractivity (Wildman–Crippen MR) is 121 cm³/mol. The summed E-state index contributed by atoms with van der Waals surface area (Å²) in [6.45, 7) is 1.73. The SMILES string of the molecule is CN(C)CCCNC(=O)c1cc2c([nH]c3ccccc32)c(-c2ccc3c(c2)OCO3)n1. The molecule has 5 rings (SSSR count). The molecule has 1 aliphatic heterocycles. The third-order valence-corrected chi connectivity index (χ3v) is 5.44. The van der Waals surface area contributed by atoms with E-state index in [1.165, 1.54) is 0 Å². The van der Waals surface area contributed by atoms with E-state index in [1.807, 2.05) is 56.6 Å². The third kappa shape index (κ3) is 3.68. The average molecular weight is 416 g/mol. The number of carbonyl (C=O) groups excluding carboxylic acids is 1. The second kappa shape index (κ2) is 7.92. The Morgan fingerprint density at radius 2 is 1.94 bits per heavy atom. The van der Waals surface area contributed by atoms with Crippen LogP contribution < -0.4 is 14.8 Å². The number of aromatic amines is 1. The molecule has 0 bridgehead atoms. The van der Waals surface area contributed by atoms with Crippen molar-refractivity contribution in [2.45, 2.75) is 6.42 Å². The number of hydrogen-bond donors (Lipinski definition) is 2. The van der Waals surface area contributed by atoms with Gasteiger partial charge >= 0.3 is 0 Å². The standard InChI is InChI=1S/C24H24N4O3/c1-28(2)11-5-10-25-24(29)19-13-17-16-6-3-4-7-18(16)26-23(17)22(27-19)15-8-9-20-21(12-15)31-14-30-20/h3-4,6-9,12-13,26H,5,10-11,14H2,1-2H3,(H,25,29). The van der Waals surface area contributed by atoms with E-state index in [0.29, 0.717) is 29.4 Å². The van der Waals surface area contributed by atoms with E-state index >= 15 is 0 Å². The number of amides is 1. The summed E-state index contributed by atoms with van der Waals surface area (Å²) in [6, 6.07) is 15.7. The quantitative estimate of drug-likeness (QED) is 0.468. The van der Waals surface area contributed by atoms with Crippen molar-refractivity contribution in [1.82, 2.24) is 20.2 Å². The maximum Gasteiger partial charge on any atom is 0.269 e. The van der Waals surface area contributed by atoms with Crippen LogP contribution in [-0.4, -0.2) is 54.8 Å². The normalized spacial score (nSPS) is 12.7. The zero-order valence-electron chi connectivity index (χ0n) is 17.6. The number of para-hydroxylation sites is 1. The summed E-state index contributed by atoms with van der Waals surface area (Å²) in [4.78, 5) is 23.2. The highest BCUT2D eigenvalue weighted by atomic mass is 16.7. The molecule has 0 spiro atoms. The topological polar surface area (TPSA) is 79.5 Å². The molecule has 3 heterocycles. The number of hydrogen-bond acceptors (Lipinski definition) is 5. The minimum Gasteiger partial charge on any atom is -0.454 e. The number of carbonyl (C=O) groups is 1. The lowest BCUT2D eigenvalue weighted by Crippen LogP contribution is -2.27. The molecule has 2 N–H and O–H groups in total. The average Bonchev–Trinajstić information content (AvgIpc) is 3.39. The van der Waals surface area contributed by atoms with Gasteiger partial charge in [-0.15, -0.1) is 0 Å². The lowest BCUT2D eigenvalue weighted by Gasteiger charge is -2.11. The van der Waals surface area contributed by atoms with E-state index in [-0.39, 0.29) is 12.7 Å². The van der Waals surface area contributed by atoms with Crippen molar-refractivity contribution in [3.05, 3.63) is 54.2 Å². The van der Waals surface area contributed by atoms with E-state index in [0.717, 1.165) is 40.3 Å². The molecule has 7 nitrogen and oxygen atoms in total. The van der Waals surface area contributed by atoms with Crippen molar-refractivity contribution in [2.24, 2.45) is 0 Å². The Labute approximate surface area is 180 Å². The number of pyridine rings is 1. The summed E-state index contributed by atoms with van der Waals surface area (Å²) in [5.74, 6) is 1.22. The first-order valence-electron chi connectivity index (χ1n) is 10.3. The number of benzene rings is 2. The number of fused-ring (bicyclic) bond motifs is 4. The maximum absolute atomic E-state index is 12.9. The van der Waals surface area contributed by atoms with Gasteiger partial charge in [0.05, 0.1) is 11.2 Å². The number of ether oxygens (including phenoxy) is 2. The van der Waals surface area contributed by atoms with Crippen LogP contribution in [0.5, 0.6) is 11.5 Å². The number of aromatic nitrogens is 2. The molecule has 0 aliphatic carbocycles. The maximum atomic E-state index is 12.9. The second-order valence-corrected chi connectivity index (χ2v) is 7.93. The first-order valence-corrected chi connectivity index (χ1v) is 10.3. The van der Waals surface area contributed by atoms with Gasteiger partial charge < -0.3 is 24.7 Å². The van der Waals surface area contributed by atoms with Gasteiger partial charge in [0.1, 0.15) is 5.69 Å². The number of nitrogens with zero attached hydrogens (tertiary/aromatic N) is 2. The Balaban J connectivity index is 1.59. The molecule has 1 amide bonds. The molecule has 0 saturated heterocycles. The highest BCUT2D eigenvalue weighted by molar-refractivity contribution is 6.13. The summed E-state index contributed by atoms with van der Waals surface area (Å²) in [5, 5.41) is 5.02. The molecular weight excluding hydrogens is 392 g/mol. The van der Waals surface area contributed by atoms with Crippen LogP contribution in [0.25, 0.3) is 33.1 Å². The molecule has 2 aromatic heterocycles. The zero-order valence-corrected chi connectivity index (χ0v) is 17.6. The summed E-state index contributed by atoms with van der Waals surface area (Å²) >= 11 is 0. The number of nitrogens with one attached hydrogen (secondary N) is 2. The van der Waals surface area contributed by atoms with Gasteiger partial charge in [-0.3, -0.25) is 4.79 Å². The van der Waals surface area contributed by atoms with Crippen molar-refractivity contribution in [3.8, 4) is 22.8 Å². The summed E-state index contributed by atoms with van der Waals surface area (Å²) in [5.41, 5.74) is 3.87. The molecule has 7 heteroatoms. The first kappa shape index (κ1) is 19.4.